The van der Waals surface area contributed by atoms with Crippen LogP contribution in [0.2, 0.25) is 0 Å². The number of hydrogen-bond acceptors (Lipinski definition) is 7. The van der Waals surface area contributed by atoms with Gasteiger partial charge in [-0.05, 0) is 37.1 Å². The Morgan fingerprint density at radius 3 is 2.45 bits per heavy atom. The third-order valence-corrected chi connectivity index (χ3v) is 6.12. The molecule has 7 heteroatoms. The Balaban J connectivity index is 1.32. The van der Waals surface area contributed by atoms with Crippen molar-refractivity contribution in [3.63, 3.8) is 0 Å². The molecule has 7 nitrogen and oxygen atoms in total. The van der Waals surface area contributed by atoms with E-state index in [-0.39, 0.29) is 0 Å². The first-order chi connectivity index (χ1) is 14.2. The zero-order valence-electron chi connectivity index (χ0n) is 17.1. The summed E-state index contributed by atoms with van der Waals surface area (Å²) in [6.07, 6.45) is 7.34. The molecule has 2 aliphatic rings. The van der Waals surface area contributed by atoms with Crippen LogP contribution in [0, 0.1) is 0 Å². The lowest BCUT2D eigenvalue weighted by Gasteiger charge is -2.37. The highest BCUT2D eigenvalue weighted by Crippen LogP contribution is 2.35. The van der Waals surface area contributed by atoms with Crippen molar-refractivity contribution in [2.75, 3.05) is 55.0 Å². The number of aromatic nitrogens is 4. The van der Waals surface area contributed by atoms with Crippen molar-refractivity contribution in [1.29, 1.82) is 0 Å². The van der Waals surface area contributed by atoms with Gasteiger partial charge in [-0.3, -0.25) is 0 Å². The van der Waals surface area contributed by atoms with Crippen LogP contribution < -0.4 is 14.7 Å². The van der Waals surface area contributed by atoms with Gasteiger partial charge in [0, 0.05) is 63.5 Å². The fraction of sp³-hybridized carbons (Fsp3) is 0.455. The molecule has 0 bridgehead atoms. The molecule has 0 atom stereocenters. The lowest BCUT2D eigenvalue weighted by molar-refractivity contribution is 0.401. The second-order valence-electron chi connectivity index (χ2n) is 8.17. The van der Waals surface area contributed by atoms with Crippen LogP contribution in [0.3, 0.4) is 0 Å². The van der Waals surface area contributed by atoms with Crippen molar-refractivity contribution in [1.82, 2.24) is 19.9 Å². The van der Waals surface area contributed by atoms with E-state index in [1.165, 1.54) is 24.9 Å². The van der Waals surface area contributed by atoms with Crippen LogP contribution in [0.15, 0.2) is 36.8 Å². The van der Waals surface area contributed by atoms with Gasteiger partial charge in [0.1, 0.15) is 23.8 Å². The van der Waals surface area contributed by atoms with Crippen molar-refractivity contribution in [3.8, 4) is 0 Å². The zero-order chi connectivity index (χ0) is 19.8. The Kier molecular flexibility index (Phi) is 4.66. The van der Waals surface area contributed by atoms with Gasteiger partial charge in [-0.25, -0.2) is 19.9 Å². The number of benzene rings is 1. The summed E-state index contributed by atoms with van der Waals surface area (Å²) in [4.78, 5) is 25.1. The zero-order valence-corrected chi connectivity index (χ0v) is 17.1. The van der Waals surface area contributed by atoms with E-state index >= 15 is 0 Å². The number of anilines is 3. The normalized spacial score (nSPS) is 17.4. The van der Waals surface area contributed by atoms with Crippen molar-refractivity contribution in [3.05, 3.63) is 42.6 Å². The first-order valence-electron chi connectivity index (χ1n) is 10.4. The predicted octanol–water partition coefficient (Wildman–Crippen LogP) is 3.08. The molecule has 0 radical (unpaired) electrons. The van der Waals surface area contributed by atoms with Gasteiger partial charge in [-0.2, -0.15) is 0 Å². The Bertz CT molecular complexity index is 1010. The monoisotopic (exact) mass is 389 g/mol. The maximum Gasteiger partial charge on any atom is 0.139 e. The largest absolute Gasteiger partial charge is 0.368 e. The van der Waals surface area contributed by atoms with Gasteiger partial charge in [0.15, 0.2) is 0 Å². The van der Waals surface area contributed by atoms with Crippen LogP contribution in [-0.2, 0) is 0 Å². The molecule has 1 aliphatic heterocycles. The lowest BCUT2D eigenvalue weighted by Crippen LogP contribution is -2.47. The third kappa shape index (κ3) is 3.45. The van der Waals surface area contributed by atoms with Gasteiger partial charge >= 0.3 is 0 Å². The van der Waals surface area contributed by atoms with Crippen LogP contribution in [0.4, 0.5) is 17.3 Å². The second kappa shape index (κ2) is 7.46. The van der Waals surface area contributed by atoms with E-state index in [1.807, 2.05) is 25.2 Å². The van der Waals surface area contributed by atoms with Crippen LogP contribution in [-0.4, -0.2) is 60.2 Å². The minimum absolute atomic E-state index is 0.571. The topological polar surface area (TPSA) is 61.3 Å². The van der Waals surface area contributed by atoms with Crippen molar-refractivity contribution < 1.29 is 0 Å². The number of rotatable bonds is 4. The van der Waals surface area contributed by atoms with E-state index in [4.69, 9.17) is 4.98 Å². The SMILES string of the molecule is CN(C)c1ncnc2ccc(N3CCN(c4ccnc(C5CCC5)n4)CC3)cc12. The molecule has 1 saturated heterocycles. The van der Waals surface area contributed by atoms with E-state index in [1.54, 1.807) is 6.33 Å². The summed E-state index contributed by atoms with van der Waals surface area (Å²) >= 11 is 0. The molecule has 3 heterocycles. The second-order valence-corrected chi connectivity index (χ2v) is 8.17. The smallest absolute Gasteiger partial charge is 0.139 e. The minimum atomic E-state index is 0.571. The summed E-state index contributed by atoms with van der Waals surface area (Å²) in [6, 6.07) is 8.54. The molecule has 0 N–H and O–H groups in total. The Hall–Kier alpha value is -2.96. The average Bonchev–Trinajstić information content (AvgIpc) is 2.72. The van der Waals surface area contributed by atoms with Crippen LogP contribution >= 0.6 is 0 Å². The van der Waals surface area contributed by atoms with Gasteiger partial charge < -0.3 is 14.7 Å². The molecule has 150 valence electrons. The summed E-state index contributed by atoms with van der Waals surface area (Å²) < 4.78 is 0. The molecule has 1 aliphatic carbocycles. The maximum absolute atomic E-state index is 4.86. The Morgan fingerprint density at radius 2 is 1.72 bits per heavy atom. The molecule has 29 heavy (non-hydrogen) atoms. The molecule has 1 saturated carbocycles. The fourth-order valence-corrected chi connectivity index (χ4v) is 4.18. The molecule has 1 aromatic carbocycles. The van der Waals surface area contributed by atoms with E-state index in [0.29, 0.717) is 5.92 Å². The molecular weight excluding hydrogens is 362 g/mol. The van der Waals surface area contributed by atoms with Gasteiger partial charge in [0.05, 0.1) is 5.52 Å². The first kappa shape index (κ1) is 18.1. The molecule has 3 aromatic rings. The summed E-state index contributed by atoms with van der Waals surface area (Å²) in [5, 5.41) is 1.10. The predicted molar refractivity (Wildman–Crippen MR) is 117 cm³/mol. The van der Waals surface area contributed by atoms with Crippen LogP contribution in [0.1, 0.15) is 31.0 Å². The number of fused-ring (bicyclic) bond motifs is 1. The fourth-order valence-electron chi connectivity index (χ4n) is 4.18. The van der Waals surface area contributed by atoms with Crippen LogP contribution in [0.25, 0.3) is 10.9 Å². The van der Waals surface area contributed by atoms with Gasteiger partial charge in [-0.1, -0.05) is 6.42 Å². The highest BCUT2D eigenvalue weighted by molar-refractivity contribution is 5.91. The Labute approximate surface area is 171 Å². The molecule has 0 unspecified atom stereocenters. The van der Waals surface area contributed by atoms with E-state index in [9.17, 15) is 0 Å². The van der Waals surface area contributed by atoms with Crippen molar-refractivity contribution >= 4 is 28.2 Å². The quantitative estimate of drug-likeness (QED) is 0.679. The van der Waals surface area contributed by atoms with E-state index < -0.39 is 0 Å². The molecule has 2 aromatic heterocycles. The van der Waals surface area contributed by atoms with Crippen LogP contribution in [0.5, 0.6) is 0 Å². The summed E-state index contributed by atoms with van der Waals surface area (Å²) in [6.45, 7) is 3.87. The van der Waals surface area contributed by atoms with E-state index in [0.717, 1.165) is 54.5 Å². The summed E-state index contributed by atoms with van der Waals surface area (Å²) in [5.41, 5.74) is 2.21. The molecule has 2 fully saturated rings. The number of nitrogens with zero attached hydrogens (tertiary/aromatic N) is 7. The van der Waals surface area contributed by atoms with E-state index in [2.05, 4.69) is 49.0 Å². The average molecular weight is 390 g/mol. The van der Waals surface area contributed by atoms with Gasteiger partial charge in [0.2, 0.25) is 0 Å². The molecule has 0 spiro atoms. The highest BCUT2D eigenvalue weighted by Gasteiger charge is 2.24. The first-order valence-corrected chi connectivity index (χ1v) is 10.4. The number of piperazine rings is 1. The third-order valence-electron chi connectivity index (χ3n) is 6.12. The molecule has 0 amide bonds. The summed E-state index contributed by atoms with van der Waals surface area (Å²) in [5.74, 6) is 3.63. The number of hydrogen-bond donors (Lipinski definition) is 0. The minimum Gasteiger partial charge on any atom is -0.368 e. The van der Waals surface area contributed by atoms with Crippen molar-refractivity contribution in [2.45, 2.75) is 25.2 Å². The summed E-state index contributed by atoms with van der Waals surface area (Å²) in [7, 11) is 4.04. The highest BCUT2D eigenvalue weighted by atomic mass is 15.3. The van der Waals surface area contributed by atoms with Crippen molar-refractivity contribution in [2.24, 2.45) is 0 Å². The maximum atomic E-state index is 4.86. The van der Waals surface area contributed by atoms with Gasteiger partial charge in [-0.15, -0.1) is 0 Å². The van der Waals surface area contributed by atoms with Gasteiger partial charge in [0.25, 0.3) is 0 Å². The Morgan fingerprint density at radius 1 is 0.931 bits per heavy atom. The molecular formula is C22H27N7. The lowest BCUT2D eigenvalue weighted by atomic mass is 9.85. The standard InChI is InChI=1S/C22H27N7/c1-27(2)22-18-14-17(6-7-19(18)24-15-25-22)28-10-12-29(13-11-28)20-8-9-23-21(26-20)16-4-3-5-16/h6-9,14-16H,3-5,10-13H2,1-2H3. The molecule has 5 rings (SSSR count).